The minimum Gasteiger partial charge on any atom is -0.384 e. The van der Waals surface area contributed by atoms with Gasteiger partial charge in [-0.3, -0.25) is 0 Å². The van der Waals surface area contributed by atoms with E-state index in [1.807, 2.05) is 0 Å². The maximum atomic E-state index is 3.68. The van der Waals surface area contributed by atoms with E-state index in [9.17, 15) is 0 Å². The summed E-state index contributed by atoms with van der Waals surface area (Å²) in [5, 5.41) is 6.34. The predicted molar refractivity (Wildman–Crippen MR) is 81.3 cm³/mol. The molecule has 3 atom stereocenters. The molecular formula is C18H19N. The molecular weight excluding hydrogens is 230 g/mol. The van der Waals surface area contributed by atoms with E-state index >= 15 is 0 Å². The molecule has 1 fully saturated rings. The molecule has 2 aliphatic carbocycles. The molecule has 0 heterocycles. The molecule has 1 N–H and O–H groups in total. The van der Waals surface area contributed by atoms with Gasteiger partial charge in [-0.1, -0.05) is 48.6 Å². The second-order valence-electron chi connectivity index (χ2n) is 5.95. The van der Waals surface area contributed by atoms with E-state index in [0.717, 1.165) is 24.3 Å². The summed E-state index contributed by atoms with van der Waals surface area (Å²) in [4.78, 5) is 0. The first-order chi connectivity index (χ1) is 9.40. The summed E-state index contributed by atoms with van der Waals surface area (Å²) in [6.45, 7) is 1.11. The van der Waals surface area contributed by atoms with Gasteiger partial charge in [-0.15, -0.1) is 0 Å². The van der Waals surface area contributed by atoms with Crippen LogP contribution in [0.15, 0.2) is 54.6 Å². The Balaban J connectivity index is 1.54. The predicted octanol–water partition coefficient (Wildman–Crippen LogP) is 4.46. The summed E-state index contributed by atoms with van der Waals surface area (Å²) >= 11 is 0. The number of hydrogen-bond acceptors (Lipinski definition) is 1. The SMILES string of the molecule is C1=CC2CC1CC2CNc1cccc2ccccc12. The van der Waals surface area contributed by atoms with E-state index in [-0.39, 0.29) is 0 Å². The second-order valence-corrected chi connectivity index (χ2v) is 5.95. The van der Waals surface area contributed by atoms with Crippen LogP contribution in [0.1, 0.15) is 12.8 Å². The summed E-state index contributed by atoms with van der Waals surface area (Å²) in [6, 6.07) is 15.1. The van der Waals surface area contributed by atoms with Gasteiger partial charge in [-0.25, -0.2) is 0 Å². The van der Waals surface area contributed by atoms with Gasteiger partial charge >= 0.3 is 0 Å². The summed E-state index contributed by atoms with van der Waals surface area (Å²) in [5.41, 5.74) is 1.28. The minimum absolute atomic E-state index is 0.826. The van der Waals surface area contributed by atoms with Gasteiger partial charge in [0.1, 0.15) is 0 Å². The first-order valence-corrected chi connectivity index (χ1v) is 7.30. The summed E-state index contributed by atoms with van der Waals surface area (Å²) in [5.74, 6) is 2.52. The normalized spacial score (nSPS) is 28.1. The van der Waals surface area contributed by atoms with Crippen LogP contribution in [0.4, 0.5) is 5.69 Å². The lowest BCUT2D eigenvalue weighted by atomic mass is 9.93. The Bertz CT molecular complexity index is 623. The Morgan fingerprint density at radius 3 is 2.68 bits per heavy atom. The Labute approximate surface area is 114 Å². The highest BCUT2D eigenvalue weighted by molar-refractivity contribution is 5.93. The lowest BCUT2D eigenvalue weighted by molar-refractivity contribution is 0.472. The average molecular weight is 249 g/mol. The van der Waals surface area contributed by atoms with E-state index < -0.39 is 0 Å². The number of anilines is 1. The first kappa shape index (κ1) is 11.1. The van der Waals surface area contributed by atoms with Crippen molar-refractivity contribution < 1.29 is 0 Å². The van der Waals surface area contributed by atoms with E-state index in [4.69, 9.17) is 0 Å². The number of nitrogens with one attached hydrogen (secondary N) is 1. The molecule has 3 unspecified atom stereocenters. The van der Waals surface area contributed by atoms with Gasteiger partial charge in [0.05, 0.1) is 0 Å². The Morgan fingerprint density at radius 1 is 0.947 bits per heavy atom. The van der Waals surface area contributed by atoms with Crippen molar-refractivity contribution in [2.75, 3.05) is 11.9 Å². The maximum absolute atomic E-state index is 3.68. The van der Waals surface area contributed by atoms with E-state index in [2.05, 4.69) is 59.9 Å². The maximum Gasteiger partial charge on any atom is 0.0419 e. The third-order valence-corrected chi connectivity index (χ3v) is 4.76. The van der Waals surface area contributed by atoms with Gasteiger partial charge in [-0.05, 0) is 42.0 Å². The van der Waals surface area contributed by atoms with Crippen LogP contribution >= 0.6 is 0 Å². The smallest absolute Gasteiger partial charge is 0.0419 e. The van der Waals surface area contributed by atoms with Crippen LogP contribution in [-0.4, -0.2) is 6.54 Å². The molecule has 19 heavy (non-hydrogen) atoms. The quantitative estimate of drug-likeness (QED) is 0.792. The monoisotopic (exact) mass is 249 g/mol. The number of fused-ring (bicyclic) bond motifs is 3. The van der Waals surface area contributed by atoms with Crippen molar-refractivity contribution in [2.24, 2.45) is 17.8 Å². The van der Waals surface area contributed by atoms with Gasteiger partial charge in [0.2, 0.25) is 0 Å². The third-order valence-electron chi connectivity index (χ3n) is 4.76. The largest absolute Gasteiger partial charge is 0.384 e. The summed E-state index contributed by atoms with van der Waals surface area (Å²) in [7, 11) is 0. The molecule has 2 aromatic carbocycles. The van der Waals surface area contributed by atoms with Gasteiger partial charge in [0.25, 0.3) is 0 Å². The fourth-order valence-electron chi connectivity index (χ4n) is 3.75. The molecule has 0 saturated heterocycles. The highest BCUT2D eigenvalue weighted by Crippen LogP contribution is 2.43. The molecule has 1 heteroatoms. The fraction of sp³-hybridized carbons (Fsp3) is 0.333. The molecule has 1 nitrogen and oxygen atoms in total. The van der Waals surface area contributed by atoms with Gasteiger partial charge in [0, 0.05) is 17.6 Å². The Morgan fingerprint density at radius 2 is 1.84 bits per heavy atom. The molecule has 0 aromatic heterocycles. The lowest BCUT2D eigenvalue weighted by Crippen LogP contribution is -2.18. The van der Waals surface area contributed by atoms with Gasteiger partial charge < -0.3 is 5.32 Å². The summed E-state index contributed by atoms with van der Waals surface area (Å²) < 4.78 is 0. The van der Waals surface area contributed by atoms with Crippen LogP contribution in [0.5, 0.6) is 0 Å². The third kappa shape index (κ3) is 1.94. The highest BCUT2D eigenvalue weighted by Gasteiger charge is 2.35. The van der Waals surface area contributed by atoms with Crippen LogP contribution in [0.2, 0.25) is 0 Å². The molecule has 1 saturated carbocycles. The molecule has 96 valence electrons. The molecule has 2 aromatic rings. The topological polar surface area (TPSA) is 12.0 Å². The molecule has 0 amide bonds. The first-order valence-electron chi connectivity index (χ1n) is 7.30. The van der Waals surface area contributed by atoms with Crippen LogP contribution in [0.25, 0.3) is 10.8 Å². The molecule has 4 rings (SSSR count). The standard InChI is InChI=1S/C18H19N/c1-2-6-17-14(4-1)5-3-7-18(17)19-12-16-11-13-8-9-15(16)10-13/h1-9,13,15-16,19H,10-12H2. The van der Waals surface area contributed by atoms with Crippen molar-refractivity contribution in [2.45, 2.75) is 12.8 Å². The van der Waals surface area contributed by atoms with Crippen molar-refractivity contribution in [1.82, 2.24) is 0 Å². The van der Waals surface area contributed by atoms with Crippen molar-refractivity contribution in [1.29, 1.82) is 0 Å². The van der Waals surface area contributed by atoms with Crippen molar-refractivity contribution in [3.8, 4) is 0 Å². The van der Waals surface area contributed by atoms with Crippen LogP contribution in [0, 0.1) is 17.8 Å². The molecule has 0 radical (unpaired) electrons. The molecule has 2 bridgehead atoms. The number of benzene rings is 2. The Hall–Kier alpha value is -1.76. The molecule has 0 spiro atoms. The number of allylic oxidation sites excluding steroid dienone is 2. The average Bonchev–Trinajstić information content (AvgIpc) is 3.07. The highest BCUT2D eigenvalue weighted by atomic mass is 14.9. The van der Waals surface area contributed by atoms with Crippen molar-refractivity contribution in [3.05, 3.63) is 54.6 Å². The Kier molecular flexibility index (Phi) is 2.58. The van der Waals surface area contributed by atoms with Gasteiger partial charge in [0.15, 0.2) is 0 Å². The van der Waals surface area contributed by atoms with E-state index in [1.165, 1.54) is 29.3 Å². The lowest BCUT2D eigenvalue weighted by Gasteiger charge is -2.20. The van der Waals surface area contributed by atoms with E-state index in [1.54, 1.807) is 0 Å². The zero-order chi connectivity index (χ0) is 12.7. The van der Waals surface area contributed by atoms with Crippen molar-refractivity contribution in [3.63, 3.8) is 0 Å². The summed E-state index contributed by atoms with van der Waals surface area (Å²) in [6.07, 6.45) is 7.61. The zero-order valence-corrected chi connectivity index (χ0v) is 11.0. The van der Waals surface area contributed by atoms with Crippen molar-refractivity contribution >= 4 is 16.5 Å². The minimum atomic E-state index is 0.826. The van der Waals surface area contributed by atoms with Crippen LogP contribution < -0.4 is 5.32 Å². The van der Waals surface area contributed by atoms with E-state index in [0.29, 0.717) is 0 Å². The number of hydrogen-bond donors (Lipinski definition) is 1. The zero-order valence-electron chi connectivity index (χ0n) is 11.0. The second kappa shape index (κ2) is 4.41. The van der Waals surface area contributed by atoms with Crippen LogP contribution in [-0.2, 0) is 0 Å². The number of rotatable bonds is 3. The fourth-order valence-corrected chi connectivity index (χ4v) is 3.75. The van der Waals surface area contributed by atoms with Gasteiger partial charge in [-0.2, -0.15) is 0 Å². The van der Waals surface area contributed by atoms with Crippen LogP contribution in [0.3, 0.4) is 0 Å². The molecule has 0 aliphatic heterocycles. The molecule has 2 aliphatic rings.